The lowest BCUT2D eigenvalue weighted by Crippen LogP contribution is -2.20. The van der Waals surface area contributed by atoms with Crippen LogP contribution in [0.15, 0.2) is 35.3 Å². The standard InChI is InChI=1S/C21H18F3N5O/c1-27-20(26-28(2)21(27)30)12-5-6-29-18-4-3-11(7-17(18)25-19(29)8-12)13-9-15(23)16(24)10-14(13)22/h5-6,8-11H,3-4,7H2,1-2H3. The van der Waals surface area contributed by atoms with Gasteiger partial charge in [0.15, 0.2) is 17.5 Å². The van der Waals surface area contributed by atoms with Crippen LogP contribution in [0.1, 0.15) is 29.3 Å². The number of aromatic nitrogens is 5. The van der Waals surface area contributed by atoms with Crippen LogP contribution >= 0.6 is 0 Å². The molecule has 1 atom stereocenters. The Balaban J connectivity index is 1.53. The van der Waals surface area contributed by atoms with Gasteiger partial charge in [0, 0.05) is 37.6 Å². The van der Waals surface area contributed by atoms with Crippen LogP contribution in [0.2, 0.25) is 0 Å². The highest BCUT2D eigenvalue weighted by Gasteiger charge is 2.27. The van der Waals surface area contributed by atoms with E-state index in [2.05, 4.69) is 5.10 Å². The minimum Gasteiger partial charge on any atom is -0.304 e. The molecule has 0 bridgehead atoms. The summed E-state index contributed by atoms with van der Waals surface area (Å²) in [6, 6.07) is 5.29. The van der Waals surface area contributed by atoms with Gasteiger partial charge in [-0.3, -0.25) is 4.57 Å². The summed E-state index contributed by atoms with van der Waals surface area (Å²) >= 11 is 0. The van der Waals surface area contributed by atoms with Gasteiger partial charge in [0.1, 0.15) is 11.5 Å². The quantitative estimate of drug-likeness (QED) is 0.475. The molecule has 0 spiro atoms. The number of halogens is 3. The molecule has 0 aliphatic heterocycles. The Morgan fingerprint density at radius 2 is 1.83 bits per heavy atom. The third-order valence-electron chi connectivity index (χ3n) is 5.84. The third-order valence-corrected chi connectivity index (χ3v) is 5.84. The van der Waals surface area contributed by atoms with E-state index in [1.54, 1.807) is 14.1 Å². The average molecular weight is 413 g/mol. The molecule has 3 aromatic heterocycles. The van der Waals surface area contributed by atoms with Crippen LogP contribution in [-0.2, 0) is 26.9 Å². The second-order valence-corrected chi connectivity index (χ2v) is 7.67. The van der Waals surface area contributed by atoms with Crippen LogP contribution in [0.5, 0.6) is 0 Å². The molecule has 5 rings (SSSR count). The Bertz CT molecular complexity index is 1370. The fraction of sp³-hybridized carbons (Fsp3) is 0.286. The molecule has 1 unspecified atom stereocenters. The van der Waals surface area contributed by atoms with E-state index in [0.29, 0.717) is 36.8 Å². The summed E-state index contributed by atoms with van der Waals surface area (Å²) in [5, 5.41) is 4.27. The van der Waals surface area contributed by atoms with E-state index in [-0.39, 0.29) is 17.2 Å². The SMILES string of the molecule is Cn1nc(-c2ccn3c4c(nc3c2)CC(c2cc(F)c(F)cc2F)CC4)n(C)c1=O. The van der Waals surface area contributed by atoms with E-state index in [4.69, 9.17) is 4.98 Å². The lowest BCUT2D eigenvalue weighted by Gasteiger charge is -2.22. The minimum atomic E-state index is -1.18. The molecule has 1 aliphatic rings. The molecule has 4 aromatic rings. The Labute approximate surface area is 169 Å². The zero-order valence-electron chi connectivity index (χ0n) is 16.4. The molecule has 0 radical (unpaired) electrons. The molecule has 0 saturated heterocycles. The first-order valence-electron chi connectivity index (χ1n) is 9.58. The number of hydrogen-bond donors (Lipinski definition) is 0. The second-order valence-electron chi connectivity index (χ2n) is 7.67. The number of fused-ring (bicyclic) bond motifs is 3. The molecule has 0 N–H and O–H groups in total. The van der Waals surface area contributed by atoms with E-state index < -0.39 is 17.5 Å². The van der Waals surface area contributed by atoms with Crippen molar-refractivity contribution in [2.45, 2.75) is 25.2 Å². The van der Waals surface area contributed by atoms with Crippen molar-refractivity contribution in [1.29, 1.82) is 0 Å². The topological polar surface area (TPSA) is 57.1 Å². The predicted octanol–water partition coefficient (Wildman–Crippen LogP) is 3.12. The average Bonchev–Trinajstić information content (AvgIpc) is 3.21. The number of rotatable bonds is 2. The maximum absolute atomic E-state index is 14.2. The first kappa shape index (κ1) is 18.7. The van der Waals surface area contributed by atoms with Crippen LogP contribution in [0.3, 0.4) is 0 Å². The van der Waals surface area contributed by atoms with Gasteiger partial charge in [0.2, 0.25) is 0 Å². The Kier molecular flexibility index (Phi) is 4.09. The third kappa shape index (κ3) is 2.76. The summed E-state index contributed by atoms with van der Waals surface area (Å²) in [6.07, 6.45) is 3.57. The van der Waals surface area contributed by atoms with Crippen molar-refractivity contribution in [3.63, 3.8) is 0 Å². The van der Waals surface area contributed by atoms with Crippen LogP contribution in [-0.4, -0.2) is 23.7 Å². The van der Waals surface area contributed by atoms with Gasteiger partial charge < -0.3 is 4.40 Å². The molecule has 3 heterocycles. The number of benzene rings is 1. The van der Waals surface area contributed by atoms with E-state index in [1.807, 2.05) is 22.7 Å². The summed E-state index contributed by atoms with van der Waals surface area (Å²) in [6.45, 7) is 0. The number of nitrogens with zero attached hydrogens (tertiary/aromatic N) is 5. The highest BCUT2D eigenvalue weighted by Crippen LogP contribution is 2.35. The molecule has 0 saturated carbocycles. The van der Waals surface area contributed by atoms with Gasteiger partial charge in [0.05, 0.1) is 5.69 Å². The molecule has 0 amide bonds. The Morgan fingerprint density at radius 1 is 1.07 bits per heavy atom. The molecular weight excluding hydrogens is 395 g/mol. The molecule has 9 heteroatoms. The van der Waals surface area contributed by atoms with E-state index in [9.17, 15) is 18.0 Å². The second kappa shape index (κ2) is 6.58. The summed E-state index contributed by atoms with van der Waals surface area (Å²) in [4.78, 5) is 16.7. The highest BCUT2D eigenvalue weighted by molar-refractivity contribution is 5.62. The summed E-state index contributed by atoms with van der Waals surface area (Å²) in [5.74, 6) is -2.69. The van der Waals surface area contributed by atoms with Crippen LogP contribution in [0.4, 0.5) is 13.2 Å². The smallest absolute Gasteiger partial charge is 0.304 e. The van der Waals surface area contributed by atoms with Crippen LogP contribution in [0, 0.1) is 17.5 Å². The Hall–Kier alpha value is -3.36. The molecule has 154 valence electrons. The monoisotopic (exact) mass is 413 g/mol. The van der Waals surface area contributed by atoms with Gasteiger partial charge in [-0.2, -0.15) is 0 Å². The lowest BCUT2D eigenvalue weighted by molar-refractivity contribution is 0.473. The van der Waals surface area contributed by atoms with Crippen molar-refractivity contribution < 1.29 is 13.2 Å². The summed E-state index contributed by atoms with van der Waals surface area (Å²) in [7, 11) is 3.25. The van der Waals surface area contributed by atoms with Crippen LogP contribution < -0.4 is 5.69 Å². The Morgan fingerprint density at radius 3 is 2.57 bits per heavy atom. The highest BCUT2D eigenvalue weighted by atomic mass is 19.2. The molecule has 1 aromatic carbocycles. The van der Waals surface area contributed by atoms with Crippen molar-refractivity contribution in [3.05, 3.63) is 75.3 Å². The summed E-state index contributed by atoms with van der Waals surface area (Å²) < 4.78 is 45.9. The maximum atomic E-state index is 14.2. The number of imidazole rings is 1. The first-order chi connectivity index (χ1) is 14.3. The molecule has 1 aliphatic carbocycles. The van der Waals surface area contributed by atoms with Crippen molar-refractivity contribution >= 4 is 5.65 Å². The van der Waals surface area contributed by atoms with Crippen LogP contribution in [0.25, 0.3) is 17.0 Å². The first-order valence-corrected chi connectivity index (χ1v) is 9.58. The van der Waals surface area contributed by atoms with Crippen molar-refractivity contribution in [3.8, 4) is 11.4 Å². The van der Waals surface area contributed by atoms with E-state index in [1.165, 1.54) is 9.25 Å². The van der Waals surface area contributed by atoms with Gasteiger partial charge >= 0.3 is 5.69 Å². The summed E-state index contributed by atoms with van der Waals surface area (Å²) in [5.41, 5.74) is 3.24. The normalized spacial score (nSPS) is 16.2. The van der Waals surface area contributed by atoms with Gasteiger partial charge in [-0.15, -0.1) is 5.10 Å². The zero-order valence-corrected chi connectivity index (χ0v) is 16.4. The van der Waals surface area contributed by atoms with Gasteiger partial charge in [-0.25, -0.2) is 27.6 Å². The maximum Gasteiger partial charge on any atom is 0.345 e. The predicted molar refractivity (Wildman–Crippen MR) is 104 cm³/mol. The largest absolute Gasteiger partial charge is 0.345 e. The number of aryl methyl sites for hydroxylation is 2. The lowest BCUT2D eigenvalue weighted by atomic mass is 9.84. The van der Waals surface area contributed by atoms with Crippen molar-refractivity contribution in [2.75, 3.05) is 0 Å². The van der Waals surface area contributed by atoms with Gasteiger partial charge in [-0.1, -0.05) is 0 Å². The molecule has 0 fully saturated rings. The fourth-order valence-electron chi connectivity index (χ4n) is 4.29. The molecular formula is C21H18F3N5O. The van der Waals surface area contributed by atoms with Gasteiger partial charge in [0.25, 0.3) is 0 Å². The number of pyridine rings is 1. The number of hydrogen-bond acceptors (Lipinski definition) is 3. The minimum absolute atomic E-state index is 0.181. The van der Waals surface area contributed by atoms with Gasteiger partial charge in [-0.05, 0) is 48.9 Å². The zero-order chi connectivity index (χ0) is 21.2. The van der Waals surface area contributed by atoms with E-state index >= 15 is 0 Å². The molecule has 30 heavy (non-hydrogen) atoms. The molecule has 6 nitrogen and oxygen atoms in total. The van der Waals surface area contributed by atoms with E-state index in [0.717, 1.165) is 23.0 Å². The van der Waals surface area contributed by atoms with Crippen molar-refractivity contribution in [1.82, 2.24) is 23.7 Å². The fourth-order valence-corrected chi connectivity index (χ4v) is 4.29. The van der Waals surface area contributed by atoms with Crippen molar-refractivity contribution in [2.24, 2.45) is 14.1 Å².